The van der Waals surface area contributed by atoms with Gasteiger partial charge in [-0.25, -0.2) is 5.01 Å². The Bertz CT molecular complexity index is 1290. The molecule has 0 aromatic heterocycles. The summed E-state index contributed by atoms with van der Waals surface area (Å²) in [5, 5.41) is 9.01. The molecule has 2 aromatic rings. The topological polar surface area (TPSA) is 142 Å². The van der Waals surface area contributed by atoms with Crippen molar-refractivity contribution >= 4 is 45.3 Å². The molecular formula is C23H26ClN7O4S. The largest absolute Gasteiger partial charge is 0.379 e. The predicted molar refractivity (Wildman–Crippen MR) is 138 cm³/mol. The van der Waals surface area contributed by atoms with E-state index >= 15 is 0 Å². The number of aliphatic imine (C=N–C) groups is 1. The molecule has 0 bridgehead atoms. The second-order valence-electron chi connectivity index (χ2n) is 8.10. The van der Waals surface area contributed by atoms with Gasteiger partial charge in [-0.15, -0.1) is 4.40 Å². The van der Waals surface area contributed by atoms with E-state index < -0.39 is 16.1 Å². The highest BCUT2D eigenvalue weighted by molar-refractivity contribution is 7.87. The van der Waals surface area contributed by atoms with Crippen LogP contribution >= 0.6 is 11.6 Å². The molecule has 2 aliphatic rings. The predicted octanol–water partition coefficient (Wildman–Crippen LogP) is 1.53. The molecule has 0 saturated carbocycles. The van der Waals surface area contributed by atoms with Gasteiger partial charge in [0, 0.05) is 31.0 Å². The Morgan fingerprint density at radius 2 is 1.81 bits per heavy atom. The van der Waals surface area contributed by atoms with Gasteiger partial charge in [0.1, 0.15) is 0 Å². The maximum atomic E-state index is 13.1. The summed E-state index contributed by atoms with van der Waals surface area (Å²) in [6.07, 6.45) is 0. The van der Waals surface area contributed by atoms with E-state index in [1.165, 1.54) is 16.2 Å². The van der Waals surface area contributed by atoms with Gasteiger partial charge in [0.15, 0.2) is 0 Å². The Morgan fingerprint density at radius 1 is 1.14 bits per heavy atom. The van der Waals surface area contributed by atoms with Crippen LogP contribution in [0, 0.1) is 0 Å². The highest BCUT2D eigenvalue weighted by Gasteiger charge is 2.33. The van der Waals surface area contributed by atoms with Crippen LogP contribution in [0.4, 0.5) is 0 Å². The molecule has 0 spiro atoms. The Balaban J connectivity index is 1.78. The van der Waals surface area contributed by atoms with Crippen LogP contribution in [0.3, 0.4) is 0 Å². The van der Waals surface area contributed by atoms with Crippen molar-refractivity contribution in [3.63, 3.8) is 0 Å². The molecule has 2 aromatic carbocycles. The maximum absolute atomic E-state index is 13.1. The molecule has 1 fully saturated rings. The Kier molecular flexibility index (Phi) is 7.99. The van der Waals surface area contributed by atoms with Crippen molar-refractivity contribution in [2.75, 3.05) is 32.8 Å². The van der Waals surface area contributed by atoms with Gasteiger partial charge in [0.2, 0.25) is 11.9 Å². The molecule has 1 unspecified atom stereocenters. The number of hydrazone groups is 1. The number of hydrogen-bond donors (Lipinski definition) is 2. The van der Waals surface area contributed by atoms with Crippen LogP contribution in [0.2, 0.25) is 5.02 Å². The summed E-state index contributed by atoms with van der Waals surface area (Å²) >= 11 is 6.08. The first-order valence-electron chi connectivity index (χ1n) is 11.2. The maximum Gasteiger partial charge on any atom is 0.325 e. The summed E-state index contributed by atoms with van der Waals surface area (Å²) in [5.41, 5.74) is 8.34. The number of nitrogens with one attached hydrogen (secondary N) is 1. The molecule has 2 heterocycles. The zero-order valence-electron chi connectivity index (χ0n) is 19.5. The van der Waals surface area contributed by atoms with E-state index in [9.17, 15) is 13.2 Å². The Hall–Kier alpha value is -3.32. The summed E-state index contributed by atoms with van der Waals surface area (Å²) in [6.45, 7) is 2.37. The fourth-order valence-electron chi connectivity index (χ4n) is 3.83. The third kappa shape index (κ3) is 6.26. The fourth-order valence-corrected chi connectivity index (χ4v) is 5.03. The lowest BCUT2D eigenvalue weighted by Gasteiger charge is -2.24. The van der Waals surface area contributed by atoms with Crippen molar-refractivity contribution in [2.24, 2.45) is 20.2 Å². The SMILES string of the molecule is CC(=O)N/C(N)=N/C(=N/S(=O)(=O)N1CCOCC1)N1CC(c2ccccc2)C(c2ccc(Cl)cc2)=N1. The lowest BCUT2D eigenvalue weighted by atomic mass is 9.91. The van der Waals surface area contributed by atoms with Crippen LogP contribution in [0.1, 0.15) is 24.0 Å². The number of guanidine groups is 2. The summed E-state index contributed by atoms with van der Waals surface area (Å²) in [7, 11) is -4.13. The van der Waals surface area contributed by atoms with E-state index in [2.05, 4.69) is 14.7 Å². The van der Waals surface area contributed by atoms with Gasteiger partial charge in [0.25, 0.3) is 5.96 Å². The van der Waals surface area contributed by atoms with Gasteiger partial charge >= 0.3 is 10.2 Å². The highest BCUT2D eigenvalue weighted by atomic mass is 35.5. The normalized spacial score (nSPS) is 19.8. The molecular weight excluding hydrogens is 506 g/mol. The summed E-state index contributed by atoms with van der Waals surface area (Å²) in [5.74, 6) is -1.25. The molecule has 11 nitrogen and oxygen atoms in total. The van der Waals surface area contributed by atoms with Gasteiger partial charge in [-0.3, -0.25) is 10.1 Å². The molecule has 1 amide bonds. The molecule has 13 heteroatoms. The van der Waals surface area contributed by atoms with Crippen molar-refractivity contribution in [3.8, 4) is 0 Å². The number of amides is 1. The molecule has 3 N–H and O–H groups in total. The van der Waals surface area contributed by atoms with E-state index in [-0.39, 0.29) is 50.7 Å². The smallest absolute Gasteiger partial charge is 0.325 e. The molecule has 36 heavy (non-hydrogen) atoms. The molecule has 0 aliphatic carbocycles. The number of nitrogens with two attached hydrogens (primary N) is 1. The minimum atomic E-state index is -4.13. The first-order valence-corrected chi connectivity index (χ1v) is 13.0. The van der Waals surface area contributed by atoms with Gasteiger partial charge < -0.3 is 10.5 Å². The van der Waals surface area contributed by atoms with Gasteiger partial charge in [-0.2, -0.15) is 22.8 Å². The standard InChI is InChI=1S/C23H26ClN7O4S/c1-16(32)26-22(25)27-23(29-36(33,34)30-11-13-35-14-12-30)31-15-20(17-5-3-2-4-6-17)21(28-31)18-7-9-19(24)10-8-18/h2-10,20H,11-15H2,1H3,(H3,25,26,27,29,32). The number of hydrogen-bond acceptors (Lipinski definition) is 5. The van der Waals surface area contributed by atoms with Crippen LogP contribution < -0.4 is 11.1 Å². The average molecular weight is 532 g/mol. The van der Waals surface area contributed by atoms with Crippen molar-refractivity contribution < 1.29 is 17.9 Å². The van der Waals surface area contributed by atoms with Crippen LogP contribution in [0.5, 0.6) is 0 Å². The third-order valence-corrected chi connectivity index (χ3v) is 7.17. The highest BCUT2D eigenvalue weighted by Crippen LogP contribution is 2.30. The fraction of sp³-hybridized carbons (Fsp3) is 0.304. The first-order chi connectivity index (χ1) is 17.2. The molecule has 4 rings (SSSR count). The van der Waals surface area contributed by atoms with Crippen LogP contribution in [-0.4, -0.2) is 74.1 Å². The van der Waals surface area contributed by atoms with E-state index in [4.69, 9.17) is 27.2 Å². The van der Waals surface area contributed by atoms with Crippen molar-refractivity contribution in [1.82, 2.24) is 14.6 Å². The minimum absolute atomic E-state index is 0.163. The minimum Gasteiger partial charge on any atom is -0.379 e. The number of morpholine rings is 1. The number of carbonyl (C=O) groups excluding carboxylic acids is 1. The van der Waals surface area contributed by atoms with Crippen molar-refractivity contribution in [1.29, 1.82) is 0 Å². The number of halogens is 1. The second-order valence-corrected chi connectivity index (χ2v) is 10.1. The van der Waals surface area contributed by atoms with E-state index in [0.717, 1.165) is 11.1 Å². The summed E-state index contributed by atoms with van der Waals surface area (Å²) in [6, 6.07) is 16.9. The molecule has 1 atom stereocenters. The Morgan fingerprint density at radius 3 is 2.44 bits per heavy atom. The number of benzene rings is 2. The average Bonchev–Trinajstić information content (AvgIpc) is 3.30. The van der Waals surface area contributed by atoms with E-state index in [1.54, 1.807) is 12.1 Å². The second kappa shape index (κ2) is 11.2. The third-order valence-electron chi connectivity index (χ3n) is 5.50. The van der Waals surface area contributed by atoms with Crippen LogP contribution in [-0.2, 0) is 19.7 Å². The molecule has 0 radical (unpaired) electrons. The van der Waals surface area contributed by atoms with Crippen molar-refractivity contribution in [3.05, 3.63) is 70.7 Å². The zero-order chi connectivity index (χ0) is 25.7. The van der Waals surface area contributed by atoms with E-state index in [1.807, 2.05) is 42.5 Å². The summed E-state index contributed by atoms with van der Waals surface area (Å²) < 4.78 is 36.6. The van der Waals surface area contributed by atoms with Gasteiger partial charge in [-0.1, -0.05) is 54.1 Å². The lowest BCUT2D eigenvalue weighted by Crippen LogP contribution is -2.41. The van der Waals surface area contributed by atoms with Crippen molar-refractivity contribution in [2.45, 2.75) is 12.8 Å². The monoisotopic (exact) mass is 531 g/mol. The Labute approximate surface area is 214 Å². The number of nitrogens with zero attached hydrogens (tertiary/aromatic N) is 5. The lowest BCUT2D eigenvalue weighted by molar-refractivity contribution is -0.117. The zero-order valence-corrected chi connectivity index (χ0v) is 21.1. The number of ether oxygens (including phenoxy) is 1. The van der Waals surface area contributed by atoms with Gasteiger partial charge in [0.05, 0.1) is 25.5 Å². The number of carbonyl (C=O) groups is 1. The molecule has 1 saturated heterocycles. The van der Waals surface area contributed by atoms with Crippen LogP contribution in [0.25, 0.3) is 0 Å². The van der Waals surface area contributed by atoms with Crippen LogP contribution in [0.15, 0.2) is 69.1 Å². The molecule has 190 valence electrons. The summed E-state index contributed by atoms with van der Waals surface area (Å²) in [4.78, 5) is 15.6. The first kappa shape index (κ1) is 25.8. The van der Waals surface area contributed by atoms with Gasteiger partial charge in [-0.05, 0) is 23.3 Å². The van der Waals surface area contributed by atoms with E-state index in [0.29, 0.717) is 10.7 Å². The molecule has 2 aliphatic heterocycles. The quantitative estimate of drug-likeness (QED) is 0.452. The number of rotatable bonds is 4.